The highest BCUT2D eigenvalue weighted by atomic mass is 79.9. The molecule has 0 aliphatic carbocycles. The first-order valence-electron chi connectivity index (χ1n) is 4.13. The summed E-state index contributed by atoms with van der Waals surface area (Å²) in [4.78, 5) is 3.93. The molecule has 3 heteroatoms. The van der Waals surface area contributed by atoms with Gasteiger partial charge in [-0.15, -0.1) is 0 Å². The Bertz CT molecular complexity index is 413. The summed E-state index contributed by atoms with van der Waals surface area (Å²) in [6.45, 7) is 0. The van der Waals surface area contributed by atoms with Gasteiger partial charge in [-0.05, 0) is 28.1 Å². The van der Waals surface area contributed by atoms with Crippen molar-refractivity contribution in [2.45, 2.75) is 0 Å². The summed E-state index contributed by atoms with van der Waals surface area (Å²) in [5.74, 6) is -0.223. The Morgan fingerprint density at radius 3 is 2.57 bits per heavy atom. The van der Waals surface area contributed by atoms with Gasteiger partial charge >= 0.3 is 0 Å². The first-order chi connectivity index (χ1) is 6.79. The van der Waals surface area contributed by atoms with E-state index in [-0.39, 0.29) is 5.82 Å². The summed E-state index contributed by atoms with van der Waals surface area (Å²) < 4.78 is 14.2. The van der Waals surface area contributed by atoms with Crippen molar-refractivity contribution in [2.75, 3.05) is 0 Å². The predicted molar refractivity (Wildman–Crippen MR) is 57.3 cm³/mol. The third-order valence-corrected chi connectivity index (χ3v) is 2.57. The second-order valence-corrected chi connectivity index (χ2v) is 3.69. The largest absolute Gasteiger partial charge is 0.264 e. The van der Waals surface area contributed by atoms with Crippen molar-refractivity contribution in [1.29, 1.82) is 0 Å². The standard InChI is InChI=1S/C11H7BrFN/c12-10-7-14-6-5-8(10)9-3-1-2-4-11(9)13/h1-7H. The van der Waals surface area contributed by atoms with Crippen LogP contribution < -0.4 is 0 Å². The first kappa shape index (κ1) is 9.34. The maximum Gasteiger partial charge on any atom is 0.131 e. The molecule has 0 unspecified atom stereocenters. The summed E-state index contributed by atoms with van der Waals surface area (Å²) in [7, 11) is 0. The third-order valence-electron chi connectivity index (χ3n) is 1.94. The van der Waals surface area contributed by atoms with Crippen molar-refractivity contribution in [3.05, 3.63) is 53.0 Å². The number of halogens is 2. The van der Waals surface area contributed by atoms with E-state index in [0.717, 1.165) is 10.0 Å². The maximum absolute atomic E-state index is 13.4. The number of aromatic nitrogens is 1. The molecule has 0 spiro atoms. The zero-order chi connectivity index (χ0) is 9.97. The molecule has 1 aromatic heterocycles. The second kappa shape index (κ2) is 3.88. The average Bonchev–Trinajstić information content (AvgIpc) is 2.20. The van der Waals surface area contributed by atoms with Crippen LogP contribution in [-0.4, -0.2) is 4.98 Å². The summed E-state index contributed by atoms with van der Waals surface area (Å²) in [5.41, 5.74) is 1.40. The molecule has 1 aromatic carbocycles. The monoisotopic (exact) mass is 251 g/mol. The van der Waals surface area contributed by atoms with Crippen molar-refractivity contribution in [3.63, 3.8) is 0 Å². The van der Waals surface area contributed by atoms with Gasteiger partial charge in [0.25, 0.3) is 0 Å². The Morgan fingerprint density at radius 1 is 1.07 bits per heavy atom. The van der Waals surface area contributed by atoms with E-state index in [1.54, 1.807) is 30.6 Å². The molecule has 1 heterocycles. The van der Waals surface area contributed by atoms with E-state index in [4.69, 9.17) is 0 Å². The number of hydrogen-bond acceptors (Lipinski definition) is 1. The van der Waals surface area contributed by atoms with Crippen LogP contribution in [0.5, 0.6) is 0 Å². The zero-order valence-corrected chi connectivity index (χ0v) is 8.83. The smallest absolute Gasteiger partial charge is 0.131 e. The van der Waals surface area contributed by atoms with Gasteiger partial charge < -0.3 is 0 Å². The molecule has 70 valence electrons. The lowest BCUT2D eigenvalue weighted by molar-refractivity contribution is 0.631. The minimum Gasteiger partial charge on any atom is -0.264 e. The van der Waals surface area contributed by atoms with E-state index < -0.39 is 0 Å². The molecular weight excluding hydrogens is 245 g/mol. The fourth-order valence-electron chi connectivity index (χ4n) is 1.27. The van der Waals surface area contributed by atoms with E-state index in [1.807, 2.05) is 6.07 Å². The third kappa shape index (κ3) is 1.68. The van der Waals surface area contributed by atoms with Gasteiger partial charge in [0, 0.05) is 28.0 Å². The van der Waals surface area contributed by atoms with Crippen LogP contribution in [0.2, 0.25) is 0 Å². The summed E-state index contributed by atoms with van der Waals surface area (Å²) in [5, 5.41) is 0. The van der Waals surface area contributed by atoms with E-state index >= 15 is 0 Å². The Hall–Kier alpha value is -1.22. The lowest BCUT2D eigenvalue weighted by Crippen LogP contribution is -1.85. The van der Waals surface area contributed by atoms with Gasteiger partial charge in [-0.1, -0.05) is 18.2 Å². The molecule has 0 aliphatic rings. The minimum atomic E-state index is -0.223. The topological polar surface area (TPSA) is 12.9 Å². The molecule has 0 amide bonds. The van der Waals surface area contributed by atoms with Crippen LogP contribution in [-0.2, 0) is 0 Å². The van der Waals surface area contributed by atoms with E-state index in [1.165, 1.54) is 6.07 Å². The van der Waals surface area contributed by atoms with Crippen LogP contribution in [0.4, 0.5) is 4.39 Å². The number of nitrogens with zero attached hydrogens (tertiary/aromatic N) is 1. The molecule has 0 saturated heterocycles. The molecule has 0 fully saturated rings. The highest BCUT2D eigenvalue weighted by Crippen LogP contribution is 2.28. The van der Waals surface area contributed by atoms with Gasteiger partial charge in [-0.25, -0.2) is 4.39 Å². The molecular formula is C11H7BrFN. The summed E-state index contributed by atoms with van der Waals surface area (Å²) in [6.07, 6.45) is 3.30. The Balaban J connectivity index is 2.61. The van der Waals surface area contributed by atoms with Gasteiger partial charge in [0.2, 0.25) is 0 Å². The number of hydrogen-bond donors (Lipinski definition) is 0. The molecule has 1 nitrogen and oxygen atoms in total. The highest BCUT2D eigenvalue weighted by molar-refractivity contribution is 9.10. The summed E-state index contributed by atoms with van der Waals surface area (Å²) >= 11 is 3.34. The fraction of sp³-hybridized carbons (Fsp3) is 0. The van der Waals surface area contributed by atoms with Crippen molar-refractivity contribution >= 4 is 15.9 Å². The van der Waals surface area contributed by atoms with Crippen molar-refractivity contribution in [3.8, 4) is 11.1 Å². The number of rotatable bonds is 1. The van der Waals surface area contributed by atoms with Crippen molar-refractivity contribution in [1.82, 2.24) is 4.98 Å². The Labute approximate surface area is 89.7 Å². The molecule has 2 rings (SSSR count). The van der Waals surface area contributed by atoms with Crippen LogP contribution in [0.15, 0.2) is 47.2 Å². The van der Waals surface area contributed by atoms with Gasteiger partial charge in [0.15, 0.2) is 0 Å². The highest BCUT2D eigenvalue weighted by Gasteiger charge is 2.06. The van der Waals surface area contributed by atoms with Crippen molar-refractivity contribution < 1.29 is 4.39 Å². The van der Waals surface area contributed by atoms with Crippen LogP contribution >= 0.6 is 15.9 Å². The van der Waals surface area contributed by atoms with Crippen LogP contribution in [0.3, 0.4) is 0 Å². The van der Waals surface area contributed by atoms with Crippen LogP contribution in [0.25, 0.3) is 11.1 Å². The first-order valence-corrected chi connectivity index (χ1v) is 4.93. The molecule has 14 heavy (non-hydrogen) atoms. The van der Waals surface area contributed by atoms with Crippen LogP contribution in [0.1, 0.15) is 0 Å². The predicted octanol–water partition coefficient (Wildman–Crippen LogP) is 3.65. The number of benzene rings is 1. The molecule has 0 radical (unpaired) electrons. The molecule has 0 atom stereocenters. The fourth-order valence-corrected chi connectivity index (χ4v) is 1.74. The van der Waals surface area contributed by atoms with Gasteiger partial charge in [0.05, 0.1) is 0 Å². The second-order valence-electron chi connectivity index (χ2n) is 2.84. The minimum absolute atomic E-state index is 0.223. The molecule has 0 N–H and O–H groups in total. The van der Waals surface area contributed by atoms with Gasteiger partial charge in [-0.3, -0.25) is 4.98 Å². The normalized spacial score (nSPS) is 10.1. The number of pyridine rings is 1. The van der Waals surface area contributed by atoms with E-state index in [2.05, 4.69) is 20.9 Å². The van der Waals surface area contributed by atoms with Gasteiger partial charge in [-0.2, -0.15) is 0 Å². The molecule has 0 bridgehead atoms. The maximum atomic E-state index is 13.4. The Kier molecular flexibility index (Phi) is 2.59. The summed E-state index contributed by atoms with van der Waals surface area (Å²) in [6, 6.07) is 8.46. The SMILES string of the molecule is Fc1ccccc1-c1ccncc1Br. The zero-order valence-electron chi connectivity index (χ0n) is 7.24. The van der Waals surface area contributed by atoms with E-state index in [9.17, 15) is 4.39 Å². The molecule has 0 saturated carbocycles. The average molecular weight is 252 g/mol. The van der Waals surface area contributed by atoms with Gasteiger partial charge in [0.1, 0.15) is 5.82 Å². The van der Waals surface area contributed by atoms with Crippen molar-refractivity contribution in [2.24, 2.45) is 0 Å². The quantitative estimate of drug-likeness (QED) is 0.754. The lowest BCUT2D eigenvalue weighted by atomic mass is 10.1. The lowest BCUT2D eigenvalue weighted by Gasteiger charge is -2.04. The van der Waals surface area contributed by atoms with E-state index in [0.29, 0.717) is 5.56 Å². The molecule has 2 aromatic rings. The molecule has 0 aliphatic heterocycles. The Morgan fingerprint density at radius 2 is 1.86 bits per heavy atom. The van der Waals surface area contributed by atoms with Crippen LogP contribution in [0, 0.1) is 5.82 Å².